The SMILES string of the molecule is CC(C)[C@H](Nc1nc(CN2CCN(C3C[C@@H]4CC[C@H]3C4)CC2)nc2ccccc12)C(N)=O. The van der Waals surface area contributed by atoms with Crippen LogP contribution in [0.2, 0.25) is 0 Å². The third-order valence-corrected chi connectivity index (χ3v) is 7.86. The summed E-state index contributed by atoms with van der Waals surface area (Å²) in [6, 6.07) is 8.32. The van der Waals surface area contributed by atoms with Crippen LogP contribution in [0.15, 0.2) is 24.3 Å². The van der Waals surface area contributed by atoms with Gasteiger partial charge in [0.05, 0.1) is 12.1 Å². The summed E-state index contributed by atoms with van der Waals surface area (Å²) in [7, 11) is 0. The number of benzene rings is 1. The molecular formula is C25H36N6O. The van der Waals surface area contributed by atoms with Crippen LogP contribution < -0.4 is 11.1 Å². The Bertz CT molecular complexity index is 970. The second kappa shape index (κ2) is 8.94. The minimum Gasteiger partial charge on any atom is -0.368 e. The number of piperazine rings is 1. The number of aromatic nitrogens is 2. The van der Waals surface area contributed by atoms with Gasteiger partial charge in [0.2, 0.25) is 5.91 Å². The maximum atomic E-state index is 12.0. The number of hydrogen-bond acceptors (Lipinski definition) is 6. The average Bonchev–Trinajstić information content (AvgIpc) is 3.41. The zero-order valence-corrected chi connectivity index (χ0v) is 19.3. The molecule has 1 amide bonds. The summed E-state index contributed by atoms with van der Waals surface area (Å²) in [6.07, 6.45) is 5.79. The number of rotatable bonds is 7. The van der Waals surface area contributed by atoms with Crippen molar-refractivity contribution in [2.75, 3.05) is 31.5 Å². The molecule has 32 heavy (non-hydrogen) atoms. The van der Waals surface area contributed by atoms with Gasteiger partial charge in [0, 0.05) is 37.6 Å². The van der Waals surface area contributed by atoms with Gasteiger partial charge in [-0.3, -0.25) is 14.6 Å². The first-order valence-electron chi connectivity index (χ1n) is 12.3. The molecule has 0 radical (unpaired) electrons. The maximum absolute atomic E-state index is 12.0. The second-order valence-electron chi connectivity index (χ2n) is 10.3. The Morgan fingerprint density at radius 1 is 1.12 bits per heavy atom. The predicted octanol–water partition coefficient (Wildman–Crippen LogP) is 2.86. The lowest BCUT2D eigenvalue weighted by Crippen LogP contribution is -2.51. The Kier molecular flexibility index (Phi) is 6.03. The third kappa shape index (κ3) is 4.33. The van der Waals surface area contributed by atoms with Crippen LogP contribution in [0, 0.1) is 17.8 Å². The first-order valence-corrected chi connectivity index (χ1v) is 12.3. The standard InChI is InChI=1S/C25H36N6O/c1-16(2)23(24(26)32)29-25-19-5-3-4-6-20(19)27-22(28-25)15-30-9-11-31(12-10-30)21-14-17-7-8-18(21)13-17/h3-6,16-18,21,23H,7-15H2,1-2H3,(H2,26,32)(H,27,28,29)/t17-,18+,21?,23+/m1/s1. The van der Waals surface area contributed by atoms with Gasteiger partial charge in [0.15, 0.2) is 0 Å². The highest BCUT2D eigenvalue weighted by Crippen LogP contribution is 2.46. The van der Waals surface area contributed by atoms with Crippen LogP contribution in [0.5, 0.6) is 0 Å². The van der Waals surface area contributed by atoms with Crippen molar-refractivity contribution in [1.29, 1.82) is 0 Å². The molecule has 0 spiro atoms. The number of anilines is 1. The molecule has 3 fully saturated rings. The lowest BCUT2D eigenvalue weighted by Gasteiger charge is -2.40. The number of hydrogen-bond donors (Lipinski definition) is 2. The van der Waals surface area contributed by atoms with Crippen molar-refractivity contribution in [3.63, 3.8) is 0 Å². The van der Waals surface area contributed by atoms with E-state index in [1.807, 2.05) is 38.1 Å². The molecule has 2 heterocycles. The fourth-order valence-electron chi connectivity index (χ4n) is 6.13. The molecule has 7 heteroatoms. The van der Waals surface area contributed by atoms with Crippen molar-refractivity contribution < 1.29 is 4.79 Å². The first-order chi connectivity index (χ1) is 15.5. The number of carbonyl (C=O) groups excluding carboxylic acids is 1. The number of fused-ring (bicyclic) bond motifs is 3. The van der Waals surface area contributed by atoms with Gasteiger partial charge in [0.25, 0.3) is 0 Å². The molecule has 1 aromatic carbocycles. The smallest absolute Gasteiger partial charge is 0.240 e. The van der Waals surface area contributed by atoms with E-state index >= 15 is 0 Å². The van der Waals surface area contributed by atoms with E-state index in [9.17, 15) is 4.79 Å². The highest BCUT2D eigenvalue weighted by Gasteiger charge is 2.42. The van der Waals surface area contributed by atoms with Crippen molar-refractivity contribution in [2.24, 2.45) is 23.5 Å². The highest BCUT2D eigenvalue weighted by molar-refractivity contribution is 5.91. The fraction of sp³-hybridized carbons (Fsp3) is 0.640. The molecule has 2 aromatic rings. The summed E-state index contributed by atoms with van der Waals surface area (Å²) >= 11 is 0. The molecule has 1 saturated heterocycles. The molecule has 1 aromatic heterocycles. The maximum Gasteiger partial charge on any atom is 0.240 e. The first kappa shape index (κ1) is 21.6. The summed E-state index contributed by atoms with van der Waals surface area (Å²) in [6.45, 7) is 9.11. The summed E-state index contributed by atoms with van der Waals surface area (Å²) in [5.74, 6) is 3.15. The summed E-state index contributed by atoms with van der Waals surface area (Å²) in [5, 5.41) is 4.23. The molecule has 5 rings (SSSR count). The van der Waals surface area contributed by atoms with Crippen molar-refractivity contribution in [3.8, 4) is 0 Å². The normalized spacial score (nSPS) is 27.3. The molecule has 1 aliphatic heterocycles. The minimum absolute atomic E-state index is 0.0728. The molecule has 1 unspecified atom stereocenters. The molecule has 172 valence electrons. The number of nitrogens with two attached hydrogens (primary N) is 1. The van der Waals surface area contributed by atoms with Crippen molar-refractivity contribution in [1.82, 2.24) is 19.8 Å². The third-order valence-electron chi connectivity index (χ3n) is 7.86. The molecule has 4 atom stereocenters. The highest BCUT2D eigenvalue weighted by atomic mass is 16.1. The van der Waals surface area contributed by atoms with Gasteiger partial charge in [-0.25, -0.2) is 9.97 Å². The number of nitrogens with zero attached hydrogens (tertiary/aromatic N) is 4. The fourth-order valence-corrected chi connectivity index (χ4v) is 6.13. The number of primary amides is 1. The van der Waals surface area contributed by atoms with Gasteiger partial charge in [-0.05, 0) is 49.1 Å². The molecule has 2 bridgehead atoms. The molecule has 3 N–H and O–H groups in total. The molecule has 2 saturated carbocycles. The van der Waals surface area contributed by atoms with Crippen LogP contribution in [0.3, 0.4) is 0 Å². The molecule has 7 nitrogen and oxygen atoms in total. The van der Waals surface area contributed by atoms with E-state index in [1.54, 1.807) is 0 Å². The van der Waals surface area contributed by atoms with Gasteiger partial charge in [-0.15, -0.1) is 0 Å². The van der Waals surface area contributed by atoms with E-state index in [4.69, 9.17) is 15.7 Å². The van der Waals surface area contributed by atoms with Gasteiger partial charge in [0.1, 0.15) is 17.7 Å². The molecule has 2 aliphatic carbocycles. The van der Waals surface area contributed by atoms with E-state index in [0.29, 0.717) is 5.82 Å². The van der Waals surface area contributed by atoms with Crippen LogP contribution in [0.4, 0.5) is 5.82 Å². The largest absolute Gasteiger partial charge is 0.368 e. The van der Waals surface area contributed by atoms with E-state index in [1.165, 1.54) is 25.7 Å². The number of amides is 1. The lowest BCUT2D eigenvalue weighted by atomic mass is 9.93. The van der Waals surface area contributed by atoms with Crippen LogP contribution in [0.1, 0.15) is 45.4 Å². The summed E-state index contributed by atoms with van der Waals surface area (Å²) in [4.78, 5) is 26.9. The average molecular weight is 437 g/mol. The molecular weight excluding hydrogens is 400 g/mol. The summed E-state index contributed by atoms with van der Waals surface area (Å²) < 4.78 is 0. The lowest BCUT2D eigenvalue weighted by molar-refractivity contribution is -0.119. The predicted molar refractivity (Wildman–Crippen MR) is 127 cm³/mol. The molecule has 3 aliphatic rings. The van der Waals surface area contributed by atoms with Crippen molar-refractivity contribution in [2.45, 2.75) is 58.2 Å². The van der Waals surface area contributed by atoms with Gasteiger partial charge in [-0.2, -0.15) is 0 Å². The van der Waals surface area contributed by atoms with Gasteiger partial charge >= 0.3 is 0 Å². The minimum atomic E-state index is -0.466. The zero-order chi connectivity index (χ0) is 22.2. The van der Waals surface area contributed by atoms with E-state index in [0.717, 1.165) is 67.3 Å². The van der Waals surface area contributed by atoms with E-state index < -0.39 is 6.04 Å². The van der Waals surface area contributed by atoms with Crippen LogP contribution >= 0.6 is 0 Å². The Balaban J connectivity index is 1.29. The van der Waals surface area contributed by atoms with E-state index in [2.05, 4.69) is 15.1 Å². The van der Waals surface area contributed by atoms with Crippen molar-refractivity contribution >= 4 is 22.6 Å². The second-order valence-corrected chi connectivity index (χ2v) is 10.3. The Morgan fingerprint density at radius 2 is 1.91 bits per heavy atom. The Hall–Kier alpha value is -2.25. The van der Waals surface area contributed by atoms with E-state index in [-0.39, 0.29) is 11.8 Å². The number of carbonyl (C=O) groups is 1. The quantitative estimate of drug-likeness (QED) is 0.694. The van der Waals surface area contributed by atoms with Crippen LogP contribution in [0.25, 0.3) is 10.9 Å². The number of nitrogens with one attached hydrogen (secondary N) is 1. The van der Waals surface area contributed by atoms with Gasteiger partial charge in [-0.1, -0.05) is 32.4 Å². The van der Waals surface area contributed by atoms with Crippen molar-refractivity contribution in [3.05, 3.63) is 30.1 Å². The van der Waals surface area contributed by atoms with Crippen LogP contribution in [-0.2, 0) is 11.3 Å². The van der Waals surface area contributed by atoms with Gasteiger partial charge < -0.3 is 11.1 Å². The summed E-state index contributed by atoms with van der Waals surface area (Å²) in [5.41, 5.74) is 6.54. The monoisotopic (exact) mass is 436 g/mol. The number of para-hydroxylation sites is 1. The topological polar surface area (TPSA) is 87.4 Å². The Morgan fingerprint density at radius 3 is 2.56 bits per heavy atom. The zero-order valence-electron chi connectivity index (χ0n) is 19.3. The van der Waals surface area contributed by atoms with Crippen LogP contribution in [-0.4, -0.2) is 63.9 Å². The Labute approximate surface area is 190 Å².